The van der Waals surface area contributed by atoms with Crippen molar-refractivity contribution in [1.29, 1.82) is 0 Å². The Morgan fingerprint density at radius 2 is 1.68 bits per heavy atom. The van der Waals surface area contributed by atoms with Crippen LogP contribution in [0.2, 0.25) is 0 Å². The summed E-state index contributed by atoms with van der Waals surface area (Å²) in [4.78, 5) is 34.4. The predicted octanol–water partition coefficient (Wildman–Crippen LogP) is 6.72. The van der Waals surface area contributed by atoms with Gasteiger partial charge in [-0.2, -0.15) is 13.2 Å². The van der Waals surface area contributed by atoms with Gasteiger partial charge in [0, 0.05) is 11.5 Å². The van der Waals surface area contributed by atoms with E-state index in [1.54, 1.807) is 58.9 Å². The summed E-state index contributed by atoms with van der Waals surface area (Å²) in [6.45, 7) is 8.58. The monoisotopic (exact) mass is 555 g/mol. The maximum Gasteiger partial charge on any atom is 0.416 e. The molecule has 0 saturated heterocycles. The predicted molar refractivity (Wildman–Crippen MR) is 144 cm³/mol. The van der Waals surface area contributed by atoms with E-state index in [2.05, 4.69) is 15.3 Å². The molecule has 0 unspecified atom stereocenters. The quantitative estimate of drug-likeness (QED) is 0.310. The van der Waals surface area contributed by atoms with E-state index in [9.17, 15) is 22.8 Å². The second kappa shape index (κ2) is 10.9. The van der Waals surface area contributed by atoms with Crippen LogP contribution < -0.4 is 10.1 Å². The van der Waals surface area contributed by atoms with E-state index in [0.717, 1.165) is 25.0 Å². The summed E-state index contributed by atoms with van der Waals surface area (Å²) < 4.78 is 50.1. The van der Waals surface area contributed by atoms with Gasteiger partial charge in [-0.05, 0) is 77.3 Å². The molecular weight excluding hydrogens is 523 g/mol. The van der Waals surface area contributed by atoms with Gasteiger partial charge in [0.2, 0.25) is 5.91 Å². The highest BCUT2D eigenvalue weighted by Gasteiger charge is 2.35. The van der Waals surface area contributed by atoms with E-state index in [1.807, 2.05) is 0 Å². The number of hydrogen-bond acceptors (Lipinski definition) is 6. The van der Waals surface area contributed by atoms with E-state index >= 15 is 0 Å². The number of esters is 1. The van der Waals surface area contributed by atoms with E-state index < -0.39 is 28.9 Å². The molecule has 1 heterocycles. The number of benzene rings is 2. The van der Waals surface area contributed by atoms with E-state index in [1.165, 1.54) is 18.3 Å². The van der Waals surface area contributed by atoms with Gasteiger partial charge < -0.3 is 14.8 Å². The number of rotatable bonds is 8. The number of carbonyl (C=O) groups is 2. The third-order valence-corrected chi connectivity index (χ3v) is 6.05. The standard InChI is InChI=1S/C30H32F3N3O4/c1-28(2,3)40-27(38)29(4,5)39-22-8-6-7-18(15-22)16-24(37)35-23-17-34-26(36-25(23)19-9-10-19)20-11-13-21(14-12-20)30(31,32)33/h6-8,11-15,17,19H,9-10,16H2,1-5H3,(H,35,37). The average molecular weight is 556 g/mol. The fraction of sp³-hybridized carbons (Fsp3) is 0.400. The summed E-state index contributed by atoms with van der Waals surface area (Å²) in [5, 5.41) is 2.87. The molecule has 0 bridgehead atoms. The third kappa shape index (κ3) is 7.58. The second-order valence-electron chi connectivity index (χ2n) is 11.3. The number of hydrogen-bond donors (Lipinski definition) is 1. The molecule has 7 nitrogen and oxygen atoms in total. The molecule has 0 radical (unpaired) electrons. The van der Waals surface area contributed by atoms with Gasteiger partial charge in [0.1, 0.15) is 11.4 Å². The molecule has 0 atom stereocenters. The first kappa shape index (κ1) is 29.0. The summed E-state index contributed by atoms with van der Waals surface area (Å²) >= 11 is 0. The molecule has 1 fully saturated rings. The average Bonchev–Trinajstić information content (AvgIpc) is 3.68. The lowest BCUT2D eigenvalue weighted by Gasteiger charge is -2.29. The Kier molecular flexibility index (Phi) is 7.92. The molecule has 1 aromatic heterocycles. The zero-order valence-corrected chi connectivity index (χ0v) is 23.1. The van der Waals surface area contributed by atoms with Crippen LogP contribution >= 0.6 is 0 Å². The summed E-state index contributed by atoms with van der Waals surface area (Å²) in [5.41, 5.74) is -0.374. The van der Waals surface area contributed by atoms with Crippen LogP contribution in [-0.2, 0) is 26.9 Å². The van der Waals surface area contributed by atoms with Crippen molar-refractivity contribution in [1.82, 2.24) is 9.97 Å². The molecule has 212 valence electrons. The topological polar surface area (TPSA) is 90.4 Å². The third-order valence-electron chi connectivity index (χ3n) is 6.05. The number of nitrogens with zero attached hydrogens (tertiary/aromatic N) is 2. The fourth-order valence-corrected chi connectivity index (χ4v) is 3.94. The number of ether oxygens (including phenoxy) is 2. The van der Waals surface area contributed by atoms with Gasteiger partial charge in [0.15, 0.2) is 11.4 Å². The van der Waals surface area contributed by atoms with Crippen LogP contribution in [0, 0.1) is 0 Å². The van der Waals surface area contributed by atoms with Crippen molar-refractivity contribution >= 4 is 17.6 Å². The highest BCUT2D eigenvalue weighted by Crippen LogP contribution is 2.43. The Labute approximate surface area is 231 Å². The number of halogens is 3. The van der Waals surface area contributed by atoms with Gasteiger partial charge in [0.05, 0.1) is 29.6 Å². The molecule has 1 saturated carbocycles. The van der Waals surface area contributed by atoms with Crippen LogP contribution in [0.5, 0.6) is 5.75 Å². The molecule has 1 aliphatic rings. The van der Waals surface area contributed by atoms with Crippen LogP contribution in [0.4, 0.5) is 18.9 Å². The number of alkyl halides is 3. The Morgan fingerprint density at radius 3 is 2.27 bits per heavy atom. The van der Waals surface area contributed by atoms with Gasteiger partial charge in [-0.3, -0.25) is 4.79 Å². The Hall–Kier alpha value is -3.95. The largest absolute Gasteiger partial charge is 0.476 e. The second-order valence-corrected chi connectivity index (χ2v) is 11.3. The maximum atomic E-state index is 12.9. The van der Waals surface area contributed by atoms with Gasteiger partial charge in [-0.15, -0.1) is 0 Å². The van der Waals surface area contributed by atoms with Crippen LogP contribution in [-0.4, -0.2) is 33.0 Å². The number of carbonyl (C=O) groups excluding carboxylic acids is 2. The first-order valence-electron chi connectivity index (χ1n) is 13.0. The van der Waals surface area contributed by atoms with Gasteiger partial charge in [0.25, 0.3) is 0 Å². The van der Waals surface area contributed by atoms with Crippen LogP contribution in [0.15, 0.2) is 54.7 Å². The zero-order valence-electron chi connectivity index (χ0n) is 23.1. The summed E-state index contributed by atoms with van der Waals surface area (Å²) in [6, 6.07) is 11.6. The minimum atomic E-state index is -4.42. The highest BCUT2D eigenvalue weighted by molar-refractivity contribution is 5.93. The van der Waals surface area contributed by atoms with Crippen molar-refractivity contribution in [2.45, 2.75) is 77.2 Å². The van der Waals surface area contributed by atoms with Crippen LogP contribution in [0.3, 0.4) is 0 Å². The number of aromatic nitrogens is 2. The smallest absolute Gasteiger partial charge is 0.416 e. The molecule has 1 amide bonds. The molecule has 1 N–H and O–H groups in total. The van der Waals surface area contributed by atoms with Crippen molar-refractivity contribution in [3.63, 3.8) is 0 Å². The Balaban J connectivity index is 1.45. The normalized spacial score (nSPS) is 14.0. The SMILES string of the molecule is CC(C)(C)OC(=O)C(C)(C)Oc1cccc(CC(=O)Nc2cnc(-c3ccc(C(F)(F)F)cc3)nc2C2CC2)c1. The molecular formula is C30H32F3N3O4. The lowest BCUT2D eigenvalue weighted by atomic mass is 10.1. The first-order chi connectivity index (χ1) is 18.6. The molecule has 0 aliphatic heterocycles. The lowest BCUT2D eigenvalue weighted by Crippen LogP contribution is -2.43. The molecule has 4 rings (SSSR count). The number of amides is 1. The first-order valence-corrected chi connectivity index (χ1v) is 13.0. The van der Waals surface area contributed by atoms with E-state index in [4.69, 9.17) is 9.47 Å². The number of nitrogens with one attached hydrogen (secondary N) is 1. The molecule has 40 heavy (non-hydrogen) atoms. The van der Waals surface area contributed by atoms with E-state index in [-0.39, 0.29) is 18.2 Å². The van der Waals surface area contributed by atoms with Crippen molar-refractivity contribution < 1.29 is 32.2 Å². The molecule has 1 aliphatic carbocycles. The fourth-order valence-electron chi connectivity index (χ4n) is 3.94. The summed E-state index contributed by atoms with van der Waals surface area (Å²) in [6.07, 6.45) is -1.09. The summed E-state index contributed by atoms with van der Waals surface area (Å²) in [7, 11) is 0. The van der Waals surface area contributed by atoms with Crippen molar-refractivity contribution in [3.05, 3.63) is 71.5 Å². The van der Waals surface area contributed by atoms with Gasteiger partial charge in [-0.1, -0.05) is 24.3 Å². The summed E-state index contributed by atoms with van der Waals surface area (Å²) in [5.74, 6) is 0.0697. The van der Waals surface area contributed by atoms with Crippen molar-refractivity contribution in [3.8, 4) is 17.1 Å². The van der Waals surface area contributed by atoms with Crippen LogP contribution in [0.1, 0.15) is 70.2 Å². The van der Waals surface area contributed by atoms with Crippen LogP contribution in [0.25, 0.3) is 11.4 Å². The highest BCUT2D eigenvalue weighted by atomic mass is 19.4. The molecule has 2 aromatic carbocycles. The number of anilines is 1. The lowest BCUT2D eigenvalue weighted by molar-refractivity contribution is -0.171. The minimum Gasteiger partial charge on any atom is -0.476 e. The molecule has 10 heteroatoms. The van der Waals surface area contributed by atoms with Gasteiger partial charge in [-0.25, -0.2) is 14.8 Å². The minimum absolute atomic E-state index is 0.0365. The van der Waals surface area contributed by atoms with E-state index in [0.29, 0.717) is 34.1 Å². The van der Waals surface area contributed by atoms with Crippen molar-refractivity contribution in [2.75, 3.05) is 5.32 Å². The molecule has 0 spiro atoms. The zero-order chi connectivity index (χ0) is 29.3. The Morgan fingerprint density at radius 1 is 1.00 bits per heavy atom. The van der Waals surface area contributed by atoms with Crippen molar-refractivity contribution in [2.24, 2.45) is 0 Å². The maximum absolute atomic E-state index is 12.9. The Bertz CT molecular complexity index is 1390. The molecule has 3 aromatic rings. The van der Waals surface area contributed by atoms with Gasteiger partial charge >= 0.3 is 12.1 Å².